The molecule has 5 heteroatoms. The van der Waals surface area contributed by atoms with Gasteiger partial charge in [-0.15, -0.1) is 0 Å². The minimum absolute atomic E-state index is 0.758. The van der Waals surface area contributed by atoms with E-state index in [1.165, 1.54) is 0 Å². The first-order valence-corrected chi connectivity index (χ1v) is 6.02. The lowest BCUT2D eigenvalue weighted by Crippen LogP contribution is -2.24. The van der Waals surface area contributed by atoms with E-state index >= 15 is 0 Å². The van der Waals surface area contributed by atoms with Crippen molar-refractivity contribution < 1.29 is 4.74 Å². The van der Waals surface area contributed by atoms with Crippen molar-refractivity contribution in [3.63, 3.8) is 0 Å². The molecular weight excluding hydrogens is 226 g/mol. The molecule has 0 saturated heterocycles. The molecule has 0 aliphatic carbocycles. The molecule has 92 valence electrons. The van der Waals surface area contributed by atoms with E-state index in [1.54, 1.807) is 0 Å². The molecule has 0 aliphatic heterocycles. The summed E-state index contributed by atoms with van der Waals surface area (Å²) in [6.07, 6.45) is 0. The van der Waals surface area contributed by atoms with E-state index in [1.807, 2.05) is 25.5 Å². The lowest BCUT2D eigenvalue weighted by Gasteiger charge is -2.06. The monoisotopic (exact) mass is 245 g/mol. The maximum atomic E-state index is 6.06. The summed E-state index contributed by atoms with van der Waals surface area (Å²) >= 11 is 6.06. The Morgan fingerprint density at radius 1 is 1.38 bits per heavy atom. The molecule has 0 aliphatic rings. The summed E-state index contributed by atoms with van der Waals surface area (Å²) in [5.41, 5.74) is 1.93. The molecule has 0 radical (unpaired) electrons. The van der Waals surface area contributed by atoms with E-state index in [-0.39, 0.29) is 0 Å². The summed E-state index contributed by atoms with van der Waals surface area (Å²) < 4.78 is 7.16. The standard InChI is InChI=1S/C11H20ClN3O/c1-4-16-8-6-13-5-7-15-10(3)11(12)9(2)14-15/h13H,4-8H2,1-3H3. The molecule has 0 bridgehead atoms. The van der Waals surface area contributed by atoms with Gasteiger partial charge < -0.3 is 10.1 Å². The summed E-state index contributed by atoms with van der Waals surface area (Å²) in [5, 5.41) is 8.43. The van der Waals surface area contributed by atoms with Gasteiger partial charge in [0.1, 0.15) is 0 Å². The molecule has 1 N–H and O–H groups in total. The van der Waals surface area contributed by atoms with Gasteiger partial charge >= 0.3 is 0 Å². The van der Waals surface area contributed by atoms with E-state index in [4.69, 9.17) is 16.3 Å². The van der Waals surface area contributed by atoms with Crippen molar-refractivity contribution in [1.29, 1.82) is 0 Å². The minimum atomic E-state index is 0.758. The third-order valence-electron chi connectivity index (χ3n) is 2.42. The second-order valence-corrected chi connectivity index (χ2v) is 4.03. The van der Waals surface area contributed by atoms with Crippen LogP contribution in [0.1, 0.15) is 18.3 Å². The van der Waals surface area contributed by atoms with Gasteiger partial charge in [-0.1, -0.05) is 11.6 Å². The van der Waals surface area contributed by atoms with E-state index in [0.717, 1.165) is 49.3 Å². The summed E-state index contributed by atoms with van der Waals surface area (Å²) in [6.45, 7) is 10.0. The van der Waals surface area contributed by atoms with Gasteiger partial charge in [0.15, 0.2) is 0 Å². The predicted octanol–water partition coefficient (Wildman–Crippen LogP) is 1.78. The van der Waals surface area contributed by atoms with Gasteiger partial charge in [0.25, 0.3) is 0 Å². The normalized spacial score (nSPS) is 11.0. The van der Waals surface area contributed by atoms with Gasteiger partial charge in [-0.3, -0.25) is 4.68 Å². The zero-order valence-electron chi connectivity index (χ0n) is 10.2. The molecule has 0 saturated carbocycles. The quantitative estimate of drug-likeness (QED) is 0.745. The Morgan fingerprint density at radius 3 is 2.69 bits per heavy atom. The summed E-state index contributed by atoms with van der Waals surface area (Å²) in [6, 6.07) is 0. The predicted molar refractivity (Wildman–Crippen MR) is 66.1 cm³/mol. The number of halogens is 1. The Morgan fingerprint density at radius 2 is 2.12 bits per heavy atom. The molecule has 0 aromatic carbocycles. The first kappa shape index (κ1) is 13.5. The highest BCUT2D eigenvalue weighted by molar-refractivity contribution is 6.31. The molecular formula is C11H20ClN3O. The van der Waals surface area contributed by atoms with Crippen LogP contribution in [0.25, 0.3) is 0 Å². The largest absolute Gasteiger partial charge is 0.380 e. The van der Waals surface area contributed by atoms with Crippen LogP contribution in [-0.2, 0) is 11.3 Å². The number of hydrogen-bond acceptors (Lipinski definition) is 3. The van der Waals surface area contributed by atoms with Gasteiger partial charge in [-0.2, -0.15) is 5.10 Å². The number of aromatic nitrogens is 2. The maximum Gasteiger partial charge on any atom is 0.0844 e. The highest BCUT2D eigenvalue weighted by Crippen LogP contribution is 2.18. The van der Waals surface area contributed by atoms with Crippen LogP contribution in [0.15, 0.2) is 0 Å². The summed E-state index contributed by atoms with van der Waals surface area (Å²) in [4.78, 5) is 0. The molecule has 4 nitrogen and oxygen atoms in total. The van der Waals surface area contributed by atoms with Gasteiger partial charge in [-0.05, 0) is 20.8 Å². The Kier molecular flexibility index (Phi) is 5.80. The fourth-order valence-electron chi connectivity index (χ4n) is 1.49. The number of rotatable bonds is 7. The molecule has 0 fully saturated rings. The number of aryl methyl sites for hydroxylation is 1. The van der Waals surface area contributed by atoms with Crippen LogP contribution < -0.4 is 5.32 Å². The molecule has 0 amide bonds. The van der Waals surface area contributed by atoms with Crippen molar-refractivity contribution in [1.82, 2.24) is 15.1 Å². The zero-order chi connectivity index (χ0) is 12.0. The third-order valence-corrected chi connectivity index (χ3v) is 2.97. The molecule has 1 heterocycles. The van der Waals surface area contributed by atoms with Crippen molar-refractivity contribution >= 4 is 11.6 Å². The van der Waals surface area contributed by atoms with Crippen molar-refractivity contribution in [2.24, 2.45) is 0 Å². The number of nitrogens with one attached hydrogen (secondary N) is 1. The van der Waals surface area contributed by atoms with Crippen molar-refractivity contribution in [2.45, 2.75) is 27.3 Å². The first-order chi connectivity index (χ1) is 7.66. The molecule has 0 spiro atoms. The van der Waals surface area contributed by atoms with Crippen LogP contribution in [0, 0.1) is 13.8 Å². The van der Waals surface area contributed by atoms with Gasteiger partial charge in [0.05, 0.1) is 29.6 Å². The molecule has 0 unspecified atom stereocenters. The highest BCUT2D eigenvalue weighted by atomic mass is 35.5. The average Bonchev–Trinajstić information content (AvgIpc) is 2.51. The van der Waals surface area contributed by atoms with Crippen molar-refractivity contribution in [3.05, 3.63) is 16.4 Å². The lowest BCUT2D eigenvalue weighted by molar-refractivity contribution is 0.149. The molecule has 1 aromatic heterocycles. The maximum absolute atomic E-state index is 6.06. The topological polar surface area (TPSA) is 39.1 Å². The van der Waals surface area contributed by atoms with Crippen LogP contribution in [0.3, 0.4) is 0 Å². The number of nitrogens with zero attached hydrogens (tertiary/aromatic N) is 2. The van der Waals surface area contributed by atoms with Crippen LogP contribution in [-0.4, -0.2) is 36.1 Å². The Balaban J connectivity index is 2.24. The molecule has 1 aromatic rings. The minimum Gasteiger partial charge on any atom is -0.380 e. The third kappa shape index (κ3) is 3.77. The van der Waals surface area contributed by atoms with Crippen LogP contribution in [0.5, 0.6) is 0 Å². The van der Waals surface area contributed by atoms with Gasteiger partial charge in [0, 0.05) is 19.7 Å². The van der Waals surface area contributed by atoms with Crippen molar-refractivity contribution in [3.8, 4) is 0 Å². The fraction of sp³-hybridized carbons (Fsp3) is 0.727. The van der Waals surface area contributed by atoms with E-state index in [2.05, 4.69) is 10.4 Å². The number of hydrogen-bond donors (Lipinski definition) is 1. The summed E-state index contributed by atoms with van der Waals surface area (Å²) in [7, 11) is 0. The van der Waals surface area contributed by atoms with E-state index in [0.29, 0.717) is 0 Å². The van der Waals surface area contributed by atoms with Crippen LogP contribution >= 0.6 is 11.6 Å². The Hall–Kier alpha value is -0.580. The smallest absolute Gasteiger partial charge is 0.0844 e. The second-order valence-electron chi connectivity index (χ2n) is 3.65. The number of ether oxygens (including phenoxy) is 1. The lowest BCUT2D eigenvalue weighted by atomic mass is 10.4. The van der Waals surface area contributed by atoms with Gasteiger partial charge in [0.2, 0.25) is 0 Å². The van der Waals surface area contributed by atoms with Crippen LogP contribution in [0.4, 0.5) is 0 Å². The second kappa shape index (κ2) is 6.89. The van der Waals surface area contributed by atoms with E-state index in [9.17, 15) is 0 Å². The Bertz CT molecular complexity index is 325. The Labute approximate surface area is 102 Å². The fourth-order valence-corrected chi connectivity index (χ4v) is 1.63. The van der Waals surface area contributed by atoms with Crippen LogP contribution in [0.2, 0.25) is 5.02 Å². The SMILES string of the molecule is CCOCCNCCn1nc(C)c(Cl)c1C. The first-order valence-electron chi connectivity index (χ1n) is 5.64. The zero-order valence-corrected chi connectivity index (χ0v) is 11.0. The van der Waals surface area contributed by atoms with Crippen molar-refractivity contribution in [2.75, 3.05) is 26.3 Å². The van der Waals surface area contributed by atoms with Gasteiger partial charge in [-0.25, -0.2) is 0 Å². The van der Waals surface area contributed by atoms with E-state index < -0.39 is 0 Å². The molecule has 16 heavy (non-hydrogen) atoms. The average molecular weight is 246 g/mol. The molecule has 0 atom stereocenters. The highest BCUT2D eigenvalue weighted by Gasteiger charge is 2.07. The molecule has 1 rings (SSSR count). The summed E-state index contributed by atoms with van der Waals surface area (Å²) in [5.74, 6) is 0.